The van der Waals surface area contributed by atoms with Crippen LogP contribution >= 0.6 is 31.9 Å². The van der Waals surface area contributed by atoms with Crippen molar-refractivity contribution in [2.45, 2.75) is 31.9 Å². The SMILES string of the molecule is Cc1cc(O[Si](C)(C)C)cc(CBr)c1Br. The van der Waals surface area contributed by atoms with Gasteiger partial charge in [0.05, 0.1) is 0 Å². The van der Waals surface area contributed by atoms with Gasteiger partial charge in [0.15, 0.2) is 0 Å². The van der Waals surface area contributed by atoms with Gasteiger partial charge in [0.25, 0.3) is 0 Å². The summed E-state index contributed by atoms with van der Waals surface area (Å²) in [6.45, 7) is 8.67. The van der Waals surface area contributed by atoms with Crippen LogP contribution in [0.3, 0.4) is 0 Å². The molecular formula is C11H16Br2OSi. The van der Waals surface area contributed by atoms with E-state index in [9.17, 15) is 0 Å². The normalized spacial score (nSPS) is 11.6. The van der Waals surface area contributed by atoms with Crippen LogP contribution in [0.4, 0.5) is 0 Å². The van der Waals surface area contributed by atoms with E-state index in [1.54, 1.807) is 0 Å². The predicted octanol–water partition coefficient (Wildman–Crippen LogP) is 4.87. The molecule has 0 bridgehead atoms. The Morgan fingerprint density at radius 1 is 1.27 bits per heavy atom. The number of alkyl halides is 1. The van der Waals surface area contributed by atoms with Crippen LogP contribution in [0.1, 0.15) is 11.1 Å². The first-order chi connectivity index (χ1) is 6.83. The highest BCUT2D eigenvalue weighted by atomic mass is 79.9. The molecule has 84 valence electrons. The van der Waals surface area contributed by atoms with Crippen LogP contribution in [0.25, 0.3) is 0 Å². The maximum atomic E-state index is 5.98. The average Bonchev–Trinajstić information content (AvgIpc) is 2.08. The summed E-state index contributed by atoms with van der Waals surface area (Å²) in [5.41, 5.74) is 2.46. The molecule has 0 amide bonds. The van der Waals surface area contributed by atoms with Gasteiger partial charge in [-0.15, -0.1) is 0 Å². The van der Waals surface area contributed by atoms with Crippen LogP contribution < -0.4 is 4.43 Å². The van der Waals surface area contributed by atoms with Crippen molar-refractivity contribution in [2.75, 3.05) is 0 Å². The zero-order valence-corrected chi connectivity index (χ0v) is 13.7. The van der Waals surface area contributed by atoms with Gasteiger partial charge in [-0.1, -0.05) is 31.9 Å². The summed E-state index contributed by atoms with van der Waals surface area (Å²) in [6.07, 6.45) is 0. The van der Waals surface area contributed by atoms with E-state index in [4.69, 9.17) is 4.43 Å². The molecule has 0 saturated heterocycles. The number of hydrogen-bond donors (Lipinski definition) is 0. The molecule has 1 nitrogen and oxygen atoms in total. The lowest BCUT2D eigenvalue weighted by Gasteiger charge is -2.20. The van der Waals surface area contributed by atoms with Crippen molar-refractivity contribution < 1.29 is 4.43 Å². The zero-order valence-electron chi connectivity index (χ0n) is 9.53. The van der Waals surface area contributed by atoms with E-state index < -0.39 is 8.32 Å². The lowest BCUT2D eigenvalue weighted by atomic mass is 10.1. The molecule has 0 aromatic heterocycles. The molecule has 0 aliphatic heterocycles. The van der Waals surface area contributed by atoms with Crippen molar-refractivity contribution in [3.05, 3.63) is 27.7 Å². The van der Waals surface area contributed by atoms with Crippen LogP contribution in [0.15, 0.2) is 16.6 Å². The van der Waals surface area contributed by atoms with Crippen LogP contribution in [-0.4, -0.2) is 8.32 Å². The van der Waals surface area contributed by atoms with E-state index in [0.29, 0.717) is 0 Å². The number of rotatable bonds is 3. The molecular weight excluding hydrogens is 336 g/mol. The fraction of sp³-hybridized carbons (Fsp3) is 0.455. The number of hydrogen-bond acceptors (Lipinski definition) is 1. The molecule has 4 heteroatoms. The van der Waals surface area contributed by atoms with Crippen LogP contribution in [-0.2, 0) is 5.33 Å². The molecule has 1 rings (SSSR count). The van der Waals surface area contributed by atoms with E-state index >= 15 is 0 Å². The predicted molar refractivity (Wildman–Crippen MR) is 75.5 cm³/mol. The molecule has 0 atom stereocenters. The summed E-state index contributed by atoms with van der Waals surface area (Å²) >= 11 is 7.06. The smallest absolute Gasteiger partial charge is 0.242 e. The van der Waals surface area contributed by atoms with Crippen molar-refractivity contribution in [1.82, 2.24) is 0 Å². The van der Waals surface area contributed by atoms with E-state index in [2.05, 4.69) is 70.6 Å². The second-order valence-electron chi connectivity index (χ2n) is 4.56. The van der Waals surface area contributed by atoms with E-state index in [1.165, 1.54) is 15.6 Å². The van der Waals surface area contributed by atoms with Crippen LogP contribution in [0.5, 0.6) is 5.75 Å². The maximum absolute atomic E-state index is 5.98. The minimum Gasteiger partial charge on any atom is -0.544 e. The Morgan fingerprint density at radius 2 is 1.87 bits per heavy atom. The largest absolute Gasteiger partial charge is 0.544 e. The van der Waals surface area contributed by atoms with Crippen molar-refractivity contribution in [3.8, 4) is 5.75 Å². The number of halogens is 2. The summed E-state index contributed by atoms with van der Waals surface area (Å²) in [7, 11) is -1.50. The van der Waals surface area contributed by atoms with Gasteiger partial charge in [0, 0.05) is 9.80 Å². The molecule has 0 aliphatic rings. The first-order valence-electron chi connectivity index (χ1n) is 4.87. The molecule has 1 aromatic rings. The van der Waals surface area contributed by atoms with Gasteiger partial charge < -0.3 is 4.43 Å². The lowest BCUT2D eigenvalue weighted by Crippen LogP contribution is -2.29. The molecule has 0 unspecified atom stereocenters. The molecule has 15 heavy (non-hydrogen) atoms. The molecule has 0 aliphatic carbocycles. The highest BCUT2D eigenvalue weighted by molar-refractivity contribution is 9.10. The van der Waals surface area contributed by atoms with E-state index in [1.807, 2.05) is 0 Å². The Kier molecular flexibility index (Phi) is 4.44. The summed E-state index contributed by atoms with van der Waals surface area (Å²) in [6, 6.07) is 4.19. The van der Waals surface area contributed by atoms with Crippen molar-refractivity contribution in [2.24, 2.45) is 0 Å². The molecule has 0 spiro atoms. The monoisotopic (exact) mass is 350 g/mol. The Morgan fingerprint density at radius 3 is 2.33 bits per heavy atom. The van der Waals surface area contributed by atoms with Gasteiger partial charge >= 0.3 is 0 Å². The van der Waals surface area contributed by atoms with Crippen LogP contribution in [0, 0.1) is 6.92 Å². The molecule has 0 N–H and O–H groups in total. The highest BCUT2D eigenvalue weighted by Gasteiger charge is 2.17. The Bertz CT molecular complexity index is 358. The second kappa shape index (κ2) is 5.02. The van der Waals surface area contributed by atoms with E-state index in [0.717, 1.165) is 11.1 Å². The standard InChI is InChI=1S/C11H16Br2OSi/c1-8-5-10(14-15(2,3)4)6-9(7-12)11(8)13/h5-6H,7H2,1-4H3. The van der Waals surface area contributed by atoms with Gasteiger partial charge in [0.1, 0.15) is 5.75 Å². The molecule has 0 fully saturated rings. The molecule has 1 aromatic carbocycles. The van der Waals surface area contributed by atoms with Crippen molar-refractivity contribution >= 4 is 40.2 Å². The summed E-state index contributed by atoms with van der Waals surface area (Å²) in [4.78, 5) is 0. The highest BCUT2D eigenvalue weighted by Crippen LogP contribution is 2.29. The van der Waals surface area contributed by atoms with E-state index in [-0.39, 0.29) is 0 Å². The van der Waals surface area contributed by atoms with Gasteiger partial charge in [-0.25, -0.2) is 0 Å². The van der Waals surface area contributed by atoms with Gasteiger partial charge in [-0.05, 0) is 49.8 Å². The fourth-order valence-corrected chi connectivity index (χ4v) is 3.33. The Labute approximate surface area is 110 Å². The van der Waals surface area contributed by atoms with Crippen LogP contribution in [0.2, 0.25) is 19.6 Å². The minimum absolute atomic E-state index is 0.845. The average molecular weight is 352 g/mol. The number of aryl methyl sites for hydroxylation is 1. The third-order valence-corrected chi connectivity index (χ3v) is 4.46. The lowest BCUT2D eigenvalue weighted by molar-refractivity contribution is 0.556. The maximum Gasteiger partial charge on any atom is 0.242 e. The van der Waals surface area contributed by atoms with Crippen molar-refractivity contribution in [3.63, 3.8) is 0 Å². The first kappa shape index (κ1) is 13.3. The summed E-state index contributed by atoms with van der Waals surface area (Å²) in [5, 5.41) is 0.845. The second-order valence-corrected chi connectivity index (χ2v) is 10.3. The topological polar surface area (TPSA) is 9.23 Å². The molecule has 0 radical (unpaired) electrons. The third-order valence-electron chi connectivity index (χ3n) is 1.87. The zero-order chi connectivity index (χ0) is 11.6. The minimum atomic E-state index is -1.50. The number of benzene rings is 1. The quantitative estimate of drug-likeness (QED) is 0.557. The summed E-state index contributed by atoms with van der Waals surface area (Å²) in [5.74, 6) is 0.990. The Hall–Kier alpha value is 0.197. The third kappa shape index (κ3) is 3.92. The molecule has 0 heterocycles. The summed E-state index contributed by atoms with van der Waals surface area (Å²) < 4.78 is 7.15. The molecule has 0 saturated carbocycles. The van der Waals surface area contributed by atoms with Gasteiger partial charge in [0.2, 0.25) is 8.32 Å². The fourth-order valence-electron chi connectivity index (χ4n) is 1.32. The first-order valence-corrected chi connectivity index (χ1v) is 10.2. The van der Waals surface area contributed by atoms with Gasteiger partial charge in [-0.2, -0.15) is 0 Å². The van der Waals surface area contributed by atoms with Crippen molar-refractivity contribution in [1.29, 1.82) is 0 Å². The van der Waals surface area contributed by atoms with Gasteiger partial charge in [-0.3, -0.25) is 0 Å². The Balaban J connectivity index is 3.06.